The molecule has 23 heavy (non-hydrogen) atoms. The first-order chi connectivity index (χ1) is 11.2. The molecule has 4 nitrogen and oxygen atoms in total. The maximum atomic E-state index is 5.82. The predicted octanol–water partition coefficient (Wildman–Crippen LogP) is 3.45. The summed E-state index contributed by atoms with van der Waals surface area (Å²) in [4.78, 5) is 11.6. The number of ether oxygens (including phenoxy) is 1. The number of nitrogens with zero attached hydrogens (tertiary/aromatic N) is 3. The Hall–Kier alpha value is -1.78. The van der Waals surface area contributed by atoms with Gasteiger partial charge in [0.25, 0.3) is 0 Å². The van der Waals surface area contributed by atoms with Crippen LogP contribution in [0.2, 0.25) is 0 Å². The van der Waals surface area contributed by atoms with Crippen LogP contribution in [-0.4, -0.2) is 41.2 Å². The molecule has 0 spiro atoms. The first-order valence-electron chi connectivity index (χ1n) is 8.41. The van der Waals surface area contributed by atoms with E-state index in [9.17, 15) is 0 Å². The number of aromatic nitrogens is 2. The summed E-state index contributed by atoms with van der Waals surface area (Å²) in [5.41, 5.74) is 3.14. The highest BCUT2D eigenvalue weighted by Gasteiger charge is 2.16. The zero-order valence-corrected chi connectivity index (χ0v) is 14.0. The van der Waals surface area contributed by atoms with Crippen LogP contribution in [-0.2, 0) is 11.3 Å². The minimum absolute atomic E-state index is 0.354. The van der Waals surface area contributed by atoms with Crippen LogP contribution in [0.5, 0.6) is 0 Å². The third-order valence-electron chi connectivity index (χ3n) is 4.17. The monoisotopic (exact) mass is 311 g/mol. The van der Waals surface area contributed by atoms with Gasteiger partial charge in [0.15, 0.2) is 0 Å². The summed E-state index contributed by atoms with van der Waals surface area (Å²) in [5, 5.41) is 0. The average Bonchev–Trinajstić information content (AvgIpc) is 2.56. The Kier molecular flexibility index (Phi) is 5.36. The molecule has 0 N–H and O–H groups in total. The number of rotatable bonds is 5. The van der Waals surface area contributed by atoms with Gasteiger partial charge < -0.3 is 4.74 Å². The lowest BCUT2D eigenvalue weighted by Crippen LogP contribution is -2.33. The van der Waals surface area contributed by atoms with Crippen molar-refractivity contribution in [1.82, 2.24) is 14.9 Å². The Morgan fingerprint density at radius 2 is 2.00 bits per heavy atom. The van der Waals surface area contributed by atoms with E-state index in [1.807, 2.05) is 31.2 Å². The highest BCUT2D eigenvalue weighted by Crippen LogP contribution is 2.18. The lowest BCUT2D eigenvalue weighted by atomic mass is 10.1. The Morgan fingerprint density at radius 3 is 2.74 bits per heavy atom. The van der Waals surface area contributed by atoms with E-state index in [2.05, 4.69) is 29.1 Å². The summed E-state index contributed by atoms with van der Waals surface area (Å²) in [7, 11) is 2.12. The first kappa shape index (κ1) is 16.1. The molecule has 0 radical (unpaired) electrons. The van der Waals surface area contributed by atoms with Crippen LogP contribution in [0.15, 0.2) is 36.4 Å². The number of hydrogen-bond donors (Lipinski definition) is 0. The van der Waals surface area contributed by atoms with E-state index >= 15 is 0 Å². The van der Waals surface area contributed by atoms with Gasteiger partial charge in [0, 0.05) is 24.4 Å². The van der Waals surface area contributed by atoms with Crippen molar-refractivity contribution in [3.05, 3.63) is 47.9 Å². The number of aryl methyl sites for hydroxylation is 1. The van der Waals surface area contributed by atoms with Crippen LogP contribution in [0.1, 0.15) is 30.8 Å². The van der Waals surface area contributed by atoms with Crippen LogP contribution in [0.3, 0.4) is 0 Å². The van der Waals surface area contributed by atoms with Crippen molar-refractivity contribution in [2.24, 2.45) is 0 Å². The van der Waals surface area contributed by atoms with Crippen molar-refractivity contribution in [1.29, 1.82) is 0 Å². The lowest BCUT2D eigenvalue weighted by Gasteiger charge is -2.27. The Morgan fingerprint density at radius 1 is 1.17 bits per heavy atom. The normalized spacial score (nSPS) is 18.3. The van der Waals surface area contributed by atoms with Crippen LogP contribution in [0, 0.1) is 6.92 Å². The summed E-state index contributed by atoms with van der Waals surface area (Å²) in [6.45, 7) is 4.62. The van der Waals surface area contributed by atoms with E-state index in [0.717, 1.165) is 48.9 Å². The number of benzene rings is 1. The van der Waals surface area contributed by atoms with Crippen molar-refractivity contribution in [3.63, 3.8) is 0 Å². The zero-order valence-electron chi connectivity index (χ0n) is 14.0. The van der Waals surface area contributed by atoms with E-state index in [1.54, 1.807) is 0 Å². The molecule has 0 aliphatic carbocycles. The van der Waals surface area contributed by atoms with Gasteiger partial charge in [-0.1, -0.05) is 30.3 Å². The molecule has 1 saturated heterocycles. The van der Waals surface area contributed by atoms with Gasteiger partial charge in [-0.25, -0.2) is 9.97 Å². The van der Waals surface area contributed by atoms with Gasteiger partial charge >= 0.3 is 0 Å². The third-order valence-corrected chi connectivity index (χ3v) is 4.17. The maximum Gasteiger partial charge on any atom is 0.143 e. The van der Waals surface area contributed by atoms with E-state index < -0.39 is 0 Å². The van der Waals surface area contributed by atoms with Crippen molar-refractivity contribution in [3.8, 4) is 11.3 Å². The van der Waals surface area contributed by atoms with Gasteiger partial charge in [-0.15, -0.1) is 0 Å². The molecular weight excluding hydrogens is 286 g/mol. The summed E-state index contributed by atoms with van der Waals surface area (Å²) >= 11 is 0. The maximum absolute atomic E-state index is 5.82. The van der Waals surface area contributed by atoms with Gasteiger partial charge in [-0.2, -0.15) is 0 Å². The quantitative estimate of drug-likeness (QED) is 0.847. The van der Waals surface area contributed by atoms with Gasteiger partial charge in [0.2, 0.25) is 0 Å². The summed E-state index contributed by atoms with van der Waals surface area (Å²) in [6.07, 6.45) is 3.99. The van der Waals surface area contributed by atoms with Crippen molar-refractivity contribution < 1.29 is 4.74 Å². The molecule has 1 unspecified atom stereocenters. The van der Waals surface area contributed by atoms with Gasteiger partial charge in [-0.3, -0.25) is 4.90 Å². The fraction of sp³-hybridized carbons (Fsp3) is 0.474. The van der Waals surface area contributed by atoms with E-state index in [-0.39, 0.29) is 0 Å². The molecule has 0 saturated carbocycles. The zero-order chi connectivity index (χ0) is 16.1. The molecule has 2 heterocycles. The Labute approximate surface area is 138 Å². The first-order valence-corrected chi connectivity index (χ1v) is 8.41. The largest absolute Gasteiger partial charge is 0.377 e. The highest BCUT2D eigenvalue weighted by molar-refractivity contribution is 5.58. The van der Waals surface area contributed by atoms with Crippen molar-refractivity contribution in [2.75, 3.05) is 20.2 Å². The molecule has 2 aromatic rings. The molecular formula is C19H25N3O. The lowest BCUT2D eigenvalue weighted by molar-refractivity contribution is -0.00291. The Balaban J connectivity index is 1.68. The van der Waals surface area contributed by atoms with Gasteiger partial charge in [0.05, 0.1) is 18.3 Å². The van der Waals surface area contributed by atoms with Crippen LogP contribution >= 0.6 is 0 Å². The second-order valence-corrected chi connectivity index (χ2v) is 6.36. The Bertz CT molecular complexity index is 624. The molecule has 1 fully saturated rings. The summed E-state index contributed by atoms with van der Waals surface area (Å²) in [6, 6.07) is 12.3. The molecule has 3 rings (SSSR count). The highest BCUT2D eigenvalue weighted by atomic mass is 16.5. The van der Waals surface area contributed by atoms with E-state index in [0.29, 0.717) is 6.10 Å². The molecule has 4 heteroatoms. The van der Waals surface area contributed by atoms with Crippen LogP contribution < -0.4 is 0 Å². The molecule has 0 amide bonds. The fourth-order valence-electron chi connectivity index (χ4n) is 3.06. The summed E-state index contributed by atoms with van der Waals surface area (Å²) in [5.74, 6) is 0.877. The fourth-order valence-corrected chi connectivity index (χ4v) is 3.06. The molecule has 1 aromatic heterocycles. The number of hydrogen-bond acceptors (Lipinski definition) is 4. The molecule has 122 valence electrons. The molecule has 1 aliphatic heterocycles. The predicted molar refractivity (Wildman–Crippen MR) is 92.1 cm³/mol. The molecule has 1 aromatic carbocycles. The third kappa shape index (κ3) is 4.60. The minimum atomic E-state index is 0.354. The molecule has 1 atom stereocenters. The standard InChI is InChI=1S/C19H25N3O/c1-15-12-18(16-8-4-3-5-9-16)21-19(20-15)14-22(2)13-17-10-6-7-11-23-17/h3-5,8-9,12,17H,6-7,10-11,13-14H2,1-2H3. The molecule has 0 bridgehead atoms. The topological polar surface area (TPSA) is 38.2 Å². The second kappa shape index (κ2) is 7.66. The second-order valence-electron chi connectivity index (χ2n) is 6.36. The average molecular weight is 311 g/mol. The van der Waals surface area contributed by atoms with E-state index in [1.165, 1.54) is 12.8 Å². The smallest absolute Gasteiger partial charge is 0.143 e. The van der Waals surface area contributed by atoms with Gasteiger partial charge in [0.1, 0.15) is 5.82 Å². The van der Waals surface area contributed by atoms with Crippen molar-refractivity contribution in [2.45, 2.75) is 38.8 Å². The van der Waals surface area contributed by atoms with E-state index in [4.69, 9.17) is 9.72 Å². The summed E-state index contributed by atoms with van der Waals surface area (Å²) < 4.78 is 5.82. The van der Waals surface area contributed by atoms with Crippen molar-refractivity contribution >= 4 is 0 Å². The van der Waals surface area contributed by atoms with Crippen LogP contribution in [0.4, 0.5) is 0 Å². The SMILES string of the molecule is Cc1cc(-c2ccccc2)nc(CN(C)CC2CCCCO2)n1. The van der Waals surface area contributed by atoms with Crippen LogP contribution in [0.25, 0.3) is 11.3 Å². The van der Waals surface area contributed by atoms with Gasteiger partial charge in [-0.05, 0) is 39.3 Å². The minimum Gasteiger partial charge on any atom is -0.377 e. The number of likely N-dealkylation sites (N-methyl/N-ethyl adjacent to an activating group) is 1. The molecule has 1 aliphatic rings.